The van der Waals surface area contributed by atoms with Gasteiger partial charge >= 0.3 is 6.16 Å². The fourth-order valence-corrected chi connectivity index (χ4v) is 5.71. The Labute approximate surface area is 220 Å². The molecule has 0 aromatic carbocycles. The van der Waals surface area contributed by atoms with E-state index < -0.39 is 6.16 Å². The van der Waals surface area contributed by atoms with Crippen LogP contribution in [-0.4, -0.2) is 17.9 Å². The van der Waals surface area contributed by atoms with Crippen molar-refractivity contribution in [2.24, 2.45) is 5.41 Å². The Morgan fingerprint density at radius 2 is 0.771 bits per heavy atom. The van der Waals surface area contributed by atoms with Gasteiger partial charge in [-0.05, 0) is 37.5 Å². The summed E-state index contributed by atoms with van der Waals surface area (Å²) < 4.78 is 4.69. The third-order valence-electron chi connectivity index (χ3n) is 8.01. The molecule has 0 aliphatic carbocycles. The molecule has 0 atom stereocenters. The van der Waals surface area contributed by atoms with Gasteiger partial charge in [-0.2, -0.15) is 0 Å². The van der Waals surface area contributed by atoms with Crippen molar-refractivity contribution >= 4 is 6.16 Å². The second kappa shape index (κ2) is 26.3. The lowest BCUT2D eigenvalue weighted by Crippen LogP contribution is -2.21. The molecule has 3 heteroatoms. The van der Waals surface area contributed by atoms with Crippen molar-refractivity contribution in [1.29, 1.82) is 0 Å². The van der Waals surface area contributed by atoms with Crippen LogP contribution in [0.15, 0.2) is 0 Å². The summed E-state index contributed by atoms with van der Waals surface area (Å²) in [7, 11) is 0. The lowest BCUT2D eigenvalue weighted by Gasteiger charge is -2.35. The molecule has 0 aromatic heterocycles. The molecule has 0 fully saturated rings. The number of carbonyl (C=O) groups is 1. The molecule has 0 heterocycles. The maximum absolute atomic E-state index is 10.5. The highest BCUT2D eigenvalue weighted by molar-refractivity contribution is 5.56. The number of unbranched alkanes of at least 4 members (excludes halogenated alkanes) is 18. The van der Waals surface area contributed by atoms with Gasteiger partial charge in [-0.25, -0.2) is 4.79 Å². The Morgan fingerprint density at radius 1 is 0.486 bits per heavy atom. The van der Waals surface area contributed by atoms with Crippen molar-refractivity contribution in [3.8, 4) is 0 Å². The molecule has 1 N–H and O–H groups in total. The van der Waals surface area contributed by atoms with Crippen LogP contribution in [0.5, 0.6) is 0 Å². The van der Waals surface area contributed by atoms with Gasteiger partial charge in [0.15, 0.2) is 0 Å². The fourth-order valence-electron chi connectivity index (χ4n) is 5.71. The first kappa shape index (κ1) is 34.3. The first-order valence-corrected chi connectivity index (χ1v) is 16.0. The topological polar surface area (TPSA) is 46.5 Å². The normalized spacial score (nSPS) is 11.7. The molecular formula is C32H64O3. The van der Waals surface area contributed by atoms with Crippen LogP contribution < -0.4 is 0 Å². The van der Waals surface area contributed by atoms with E-state index in [1.807, 2.05) is 0 Å². The van der Waals surface area contributed by atoms with E-state index in [4.69, 9.17) is 5.11 Å². The van der Waals surface area contributed by atoms with Gasteiger partial charge in [-0.15, -0.1) is 0 Å². The van der Waals surface area contributed by atoms with E-state index in [0.29, 0.717) is 12.0 Å². The van der Waals surface area contributed by atoms with Gasteiger partial charge in [-0.1, -0.05) is 156 Å². The van der Waals surface area contributed by atoms with Crippen LogP contribution in [0.2, 0.25) is 0 Å². The molecule has 210 valence electrons. The van der Waals surface area contributed by atoms with Gasteiger partial charge in [0.25, 0.3) is 0 Å². The molecule has 3 nitrogen and oxygen atoms in total. The Hall–Kier alpha value is -0.730. The number of hydrogen-bond donors (Lipinski definition) is 1. The molecule has 0 aliphatic rings. The average Bonchev–Trinajstić information content (AvgIpc) is 2.84. The van der Waals surface area contributed by atoms with Crippen molar-refractivity contribution in [3.05, 3.63) is 0 Å². The average molecular weight is 497 g/mol. The van der Waals surface area contributed by atoms with Crippen molar-refractivity contribution in [3.63, 3.8) is 0 Å². The summed E-state index contributed by atoms with van der Waals surface area (Å²) in [5.74, 6) is 0. The van der Waals surface area contributed by atoms with Gasteiger partial charge in [0, 0.05) is 0 Å². The Kier molecular flexibility index (Phi) is 25.8. The molecule has 0 bridgehead atoms. The van der Waals surface area contributed by atoms with E-state index in [0.717, 1.165) is 12.8 Å². The van der Waals surface area contributed by atoms with E-state index >= 15 is 0 Å². The standard InChI is InChI=1S/C32H64O3/c1-4-7-10-13-16-21-26-32(27-22-17-14-11-8-5-2,28-23-18-15-12-9-6-3)29-24-19-20-25-30-35-31(33)34/h4-30H2,1-3H3,(H,33,34). The minimum atomic E-state index is -1.14. The molecule has 0 saturated carbocycles. The Bertz CT molecular complexity index is 394. The zero-order valence-electron chi connectivity index (χ0n) is 24.4. The molecule has 0 amide bonds. The monoisotopic (exact) mass is 496 g/mol. The molecule has 35 heavy (non-hydrogen) atoms. The van der Waals surface area contributed by atoms with Gasteiger partial charge < -0.3 is 9.84 Å². The molecule has 0 spiro atoms. The van der Waals surface area contributed by atoms with Crippen LogP contribution >= 0.6 is 0 Å². The second-order valence-corrected chi connectivity index (χ2v) is 11.3. The summed E-state index contributed by atoms with van der Waals surface area (Å²) in [6.07, 6.45) is 34.2. The molecule has 0 rings (SSSR count). The summed E-state index contributed by atoms with van der Waals surface area (Å²) in [6, 6.07) is 0. The minimum absolute atomic E-state index is 0.355. The predicted octanol–water partition coefficient (Wildman–Crippen LogP) is 11.9. The quantitative estimate of drug-likeness (QED) is 0.0865. The molecule has 0 radical (unpaired) electrons. The number of rotatable bonds is 28. The zero-order valence-corrected chi connectivity index (χ0v) is 24.4. The van der Waals surface area contributed by atoms with E-state index in [1.54, 1.807) is 0 Å². The van der Waals surface area contributed by atoms with Gasteiger partial charge in [0.05, 0.1) is 6.61 Å². The largest absolute Gasteiger partial charge is 0.505 e. The van der Waals surface area contributed by atoms with E-state index in [2.05, 4.69) is 25.5 Å². The summed E-state index contributed by atoms with van der Waals surface area (Å²) in [5, 5.41) is 8.65. The summed E-state index contributed by atoms with van der Waals surface area (Å²) in [6.45, 7) is 7.27. The van der Waals surface area contributed by atoms with Gasteiger partial charge in [0.1, 0.15) is 0 Å². The predicted molar refractivity (Wildman–Crippen MR) is 153 cm³/mol. The van der Waals surface area contributed by atoms with Crippen molar-refractivity contribution in [2.75, 3.05) is 6.61 Å². The Balaban J connectivity index is 4.78. The van der Waals surface area contributed by atoms with Crippen LogP contribution in [0, 0.1) is 5.41 Å². The van der Waals surface area contributed by atoms with E-state index in [9.17, 15) is 4.79 Å². The molecule has 0 unspecified atom stereocenters. The van der Waals surface area contributed by atoms with Gasteiger partial charge in [-0.3, -0.25) is 0 Å². The molecule has 0 aromatic rings. The smallest absolute Gasteiger partial charge is 0.450 e. The summed E-state index contributed by atoms with van der Waals surface area (Å²) in [5.41, 5.74) is 0.553. The van der Waals surface area contributed by atoms with Crippen LogP contribution in [0.25, 0.3) is 0 Å². The summed E-state index contributed by atoms with van der Waals surface area (Å²) >= 11 is 0. The first-order valence-electron chi connectivity index (χ1n) is 16.0. The van der Waals surface area contributed by atoms with E-state index in [1.165, 1.54) is 154 Å². The van der Waals surface area contributed by atoms with Crippen LogP contribution in [0.1, 0.15) is 188 Å². The third kappa shape index (κ3) is 23.4. The first-order chi connectivity index (χ1) is 17.1. The highest BCUT2D eigenvalue weighted by atomic mass is 16.7. The highest BCUT2D eigenvalue weighted by Crippen LogP contribution is 2.42. The molecule has 0 saturated heterocycles. The Morgan fingerprint density at radius 3 is 1.09 bits per heavy atom. The minimum Gasteiger partial charge on any atom is -0.450 e. The van der Waals surface area contributed by atoms with Crippen LogP contribution in [0.3, 0.4) is 0 Å². The van der Waals surface area contributed by atoms with Crippen LogP contribution in [0.4, 0.5) is 4.79 Å². The van der Waals surface area contributed by atoms with Crippen LogP contribution in [-0.2, 0) is 4.74 Å². The third-order valence-corrected chi connectivity index (χ3v) is 8.01. The van der Waals surface area contributed by atoms with Gasteiger partial charge in [0.2, 0.25) is 0 Å². The van der Waals surface area contributed by atoms with Crippen molar-refractivity contribution in [2.45, 2.75) is 188 Å². The maximum atomic E-state index is 10.5. The molecule has 0 aliphatic heterocycles. The molecular weight excluding hydrogens is 432 g/mol. The lowest BCUT2D eigenvalue weighted by molar-refractivity contribution is 0.0898. The number of hydrogen-bond acceptors (Lipinski definition) is 2. The van der Waals surface area contributed by atoms with Crippen molar-refractivity contribution in [1.82, 2.24) is 0 Å². The lowest BCUT2D eigenvalue weighted by atomic mass is 9.70. The SMILES string of the molecule is CCCCCCCCC(CCCCCCCC)(CCCCCCCC)CCCCCCOC(=O)O. The fraction of sp³-hybridized carbons (Fsp3) is 0.969. The second-order valence-electron chi connectivity index (χ2n) is 11.3. The summed E-state index contributed by atoms with van der Waals surface area (Å²) in [4.78, 5) is 10.5. The maximum Gasteiger partial charge on any atom is 0.505 e. The number of carboxylic acid groups (broad SMARTS) is 1. The number of ether oxygens (including phenoxy) is 1. The zero-order chi connectivity index (χ0) is 25.9. The van der Waals surface area contributed by atoms with E-state index in [-0.39, 0.29) is 0 Å². The highest BCUT2D eigenvalue weighted by Gasteiger charge is 2.28. The van der Waals surface area contributed by atoms with Crippen molar-refractivity contribution < 1.29 is 14.6 Å².